The molecule has 2 heterocycles. The Morgan fingerprint density at radius 2 is 2.35 bits per heavy atom. The Morgan fingerprint density at radius 3 is 3.06 bits per heavy atom. The van der Waals surface area contributed by atoms with Crippen molar-refractivity contribution in [1.29, 1.82) is 0 Å². The van der Waals surface area contributed by atoms with Crippen LogP contribution in [0.2, 0.25) is 0 Å². The van der Waals surface area contributed by atoms with Crippen LogP contribution in [0.4, 0.5) is 10.8 Å². The zero-order valence-corrected chi connectivity index (χ0v) is 11.5. The van der Waals surface area contributed by atoms with E-state index in [1.165, 1.54) is 22.0 Å². The van der Waals surface area contributed by atoms with E-state index in [9.17, 15) is 0 Å². The summed E-state index contributed by atoms with van der Waals surface area (Å²) in [4.78, 5) is 1.35. The first-order chi connectivity index (χ1) is 8.26. The molecular formula is C11H15N3OS2. The summed E-state index contributed by atoms with van der Waals surface area (Å²) < 4.78 is 9.27. The fourth-order valence-electron chi connectivity index (χ4n) is 1.60. The number of nitrogens with zero attached hydrogens (tertiary/aromatic N) is 1. The number of thiophene rings is 1. The van der Waals surface area contributed by atoms with Crippen molar-refractivity contribution in [3.05, 3.63) is 21.9 Å². The zero-order valence-electron chi connectivity index (χ0n) is 9.82. The number of methoxy groups -OCH3 is 1. The summed E-state index contributed by atoms with van der Waals surface area (Å²) in [6, 6.07) is 2.17. The van der Waals surface area contributed by atoms with Gasteiger partial charge in [-0.05, 0) is 35.0 Å². The Bertz CT molecular complexity index is 493. The smallest absolute Gasteiger partial charge is 0.197 e. The van der Waals surface area contributed by atoms with Gasteiger partial charge in [0.05, 0.1) is 13.7 Å². The maximum Gasteiger partial charge on any atom is 0.197 e. The molecular weight excluding hydrogens is 254 g/mol. The van der Waals surface area contributed by atoms with Gasteiger partial charge < -0.3 is 15.8 Å². The van der Waals surface area contributed by atoms with Gasteiger partial charge in [-0.3, -0.25) is 0 Å². The van der Waals surface area contributed by atoms with Gasteiger partial charge >= 0.3 is 0 Å². The van der Waals surface area contributed by atoms with E-state index >= 15 is 0 Å². The molecule has 0 amide bonds. The third-order valence-corrected chi connectivity index (χ3v) is 4.27. The predicted molar refractivity (Wildman–Crippen MR) is 74.1 cm³/mol. The number of anilines is 2. The standard InChI is InChI=1S/C11H15N3OS2/c1-3-7-4-5-16-8(7)6-13-11-9(15-2)10(12)14-17-11/h4-5,13H,3,6H2,1-2H3,(H2,12,14). The Labute approximate surface area is 109 Å². The van der Waals surface area contributed by atoms with Gasteiger partial charge in [0, 0.05) is 4.88 Å². The highest BCUT2D eigenvalue weighted by Crippen LogP contribution is 2.35. The molecule has 0 aliphatic heterocycles. The highest BCUT2D eigenvalue weighted by Gasteiger charge is 2.12. The Balaban J connectivity index is 2.07. The van der Waals surface area contributed by atoms with Crippen LogP contribution in [0.15, 0.2) is 11.4 Å². The van der Waals surface area contributed by atoms with Gasteiger partial charge in [-0.1, -0.05) is 6.92 Å². The van der Waals surface area contributed by atoms with Crippen molar-refractivity contribution in [2.75, 3.05) is 18.2 Å². The zero-order chi connectivity index (χ0) is 12.3. The first-order valence-corrected chi connectivity index (χ1v) is 6.99. The van der Waals surface area contributed by atoms with Crippen molar-refractivity contribution in [2.24, 2.45) is 0 Å². The van der Waals surface area contributed by atoms with Crippen molar-refractivity contribution in [1.82, 2.24) is 4.37 Å². The normalized spacial score (nSPS) is 10.5. The van der Waals surface area contributed by atoms with Crippen LogP contribution in [0.5, 0.6) is 5.75 Å². The third kappa shape index (κ3) is 2.53. The van der Waals surface area contributed by atoms with E-state index in [1.54, 1.807) is 18.4 Å². The minimum atomic E-state index is 0.446. The highest BCUT2D eigenvalue weighted by molar-refractivity contribution is 7.11. The van der Waals surface area contributed by atoms with Crippen molar-refractivity contribution in [2.45, 2.75) is 19.9 Å². The Morgan fingerprint density at radius 1 is 1.53 bits per heavy atom. The van der Waals surface area contributed by atoms with E-state index in [2.05, 4.69) is 28.1 Å². The van der Waals surface area contributed by atoms with Crippen LogP contribution < -0.4 is 15.8 Å². The lowest BCUT2D eigenvalue weighted by atomic mass is 10.2. The summed E-state index contributed by atoms with van der Waals surface area (Å²) in [6.07, 6.45) is 1.06. The molecule has 0 fully saturated rings. The largest absolute Gasteiger partial charge is 0.490 e. The Kier molecular flexibility index (Phi) is 3.86. The Hall–Kier alpha value is -1.27. The number of aromatic nitrogens is 1. The molecule has 0 radical (unpaired) electrons. The average molecular weight is 269 g/mol. The molecule has 0 bridgehead atoms. The first-order valence-electron chi connectivity index (χ1n) is 5.34. The van der Waals surface area contributed by atoms with Crippen LogP contribution >= 0.6 is 22.9 Å². The molecule has 2 aromatic heterocycles. The van der Waals surface area contributed by atoms with Crippen LogP contribution in [0.1, 0.15) is 17.4 Å². The molecule has 2 aromatic rings. The number of aryl methyl sites for hydroxylation is 1. The molecule has 0 saturated heterocycles. The fraction of sp³-hybridized carbons (Fsp3) is 0.364. The number of nitrogens with one attached hydrogen (secondary N) is 1. The van der Waals surface area contributed by atoms with E-state index in [-0.39, 0.29) is 0 Å². The van der Waals surface area contributed by atoms with E-state index in [0.717, 1.165) is 18.0 Å². The molecule has 3 N–H and O–H groups in total. The lowest BCUT2D eigenvalue weighted by Gasteiger charge is -2.06. The quantitative estimate of drug-likeness (QED) is 0.876. The van der Waals surface area contributed by atoms with E-state index in [4.69, 9.17) is 10.5 Å². The summed E-state index contributed by atoms with van der Waals surface area (Å²) in [5.74, 6) is 1.09. The van der Waals surface area contributed by atoms with Crippen LogP contribution in [-0.4, -0.2) is 11.5 Å². The molecule has 0 saturated carbocycles. The molecule has 0 aliphatic rings. The van der Waals surface area contributed by atoms with Crippen LogP contribution in [0.3, 0.4) is 0 Å². The number of nitrogen functional groups attached to an aromatic ring is 1. The summed E-state index contributed by atoms with van der Waals surface area (Å²) >= 11 is 3.09. The summed E-state index contributed by atoms with van der Waals surface area (Å²) in [5.41, 5.74) is 7.08. The molecule has 0 aliphatic carbocycles. The summed E-state index contributed by atoms with van der Waals surface area (Å²) in [6.45, 7) is 2.95. The van der Waals surface area contributed by atoms with Gasteiger partial charge in [0.25, 0.3) is 0 Å². The molecule has 0 unspecified atom stereocenters. The second-order valence-corrected chi connectivity index (χ2v) is 5.28. The van der Waals surface area contributed by atoms with Gasteiger partial charge in [-0.15, -0.1) is 11.3 Å². The lowest BCUT2D eigenvalue weighted by molar-refractivity contribution is 0.419. The lowest BCUT2D eigenvalue weighted by Crippen LogP contribution is -2.00. The van der Waals surface area contributed by atoms with Crippen LogP contribution in [-0.2, 0) is 13.0 Å². The van der Waals surface area contributed by atoms with E-state index < -0.39 is 0 Å². The second kappa shape index (κ2) is 5.37. The number of hydrogen-bond acceptors (Lipinski definition) is 6. The maximum absolute atomic E-state index is 5.69. The first kappa shape index (κ1) is 12.2. The van der Waals surface area contributed by atoms with Gasteiger partial charge in [0.15, 0.2) is 16.6 Å². The number of hydrogen-bond donors (Lipinski definition) is 2. The molecule has 0 atom stereocenters. The third-order valence-electron chi connectivity index (χ3n) is 2.51. The molecule has 4 nitrogen and oxygen atoms in total. The molecule has 0 aromatic carbocycles. The minimum absolute atomic E-state index is 0.446. The van der Waals surface area contributed by atoms with Gasteiger partial charge in [-0.25, -0.2) is 0 Å². The van der Waals surface area contributed by atoms with E-state index in [1.807, 2.05) is 0 Å². The SMILES string of the molecule is CCc1ccsc1CNc1snc(N)c1OC. The second-order valence-electron chi connectivity index (χ2n) is 3.51. The monoisotopic (exact) mass is 269 g/mol. The molecule has 0 spiro atoms. The molecule has 6 heteroatoms. The van der Waals surface area contributed by atoms with Gasteiger partial charge in [0.1, 0.15) is 0 Å². The average Bonchev–Trinajstić information content (AvgIpc) is 2.92. The number of nitrogens with two attached hydrogens (primary N) is 1. The number of ether oxygens (including phenoxy) is 1. The number of rotatable bonds is 5. The highest BCUT2D eigenvalue weighted by atomic mass is 32.1. The van der Waals surface area contributed by atoms with Crippen molar-refractivity contribution in [3.63, 3.8) is 0 Å². The molecule has 92 valence electrons. The van der Waals surface area contributed by atoms with Gasteiger partial charge in [0.2, 0.25) is 0 Å². The maximum atomic E-state index is 5.69. The minimum Gasteiger partial charge on any atom is -0.490 e. The topological polar surface area (TPSA) is 60.2 Å². The fourth-order valence-corrected chi connectivity index (χ4v) is 3.20. The van der Waals surface area contributed by atoms with Crippen molar-refractivity contribution in [3.8, 4) is 5.75 Å². The van der Waals surface area contributed by atoms with Crippen LogP contribution in [0, 0.1) is 0 Å². The summed E-state index contributed by atoms with van der Waals surface area (Å²) in [7, 11) is 1.61. The predicted octanol–water partition coefficient (Wildman–Crippen LogP) is 2.97. The molecule has 17 heavy (non-hydrogen) atoms. The van der Waals surface area contributed by atoms with Crippen molar-refractivity contribution < 1.29 is 4.74 Å². The summed E-state index contributed by atoms with van der Waals surface area (Å²) in [5, 5.41) is 6.33. The van der Waals surface area contributed by atoms with Crippen LogP contribution in [0.25, 0.3) is 0 Å². The van der Waals surface area contributed by atoms with Crippen molar-refractivity contribution >= 4 is 33.7 Å². The van der Waals surface area contributed by atoms with E-state index in [0.29, 0.717) is 11.6 Å². The molecule has 2 rings (SSSR count). The van der Waals surface area contributed by atoms with Gasteiger partial charge in [-0.2, -0.15) is 4.37 Å².